The quantitative estimate of drug-likeness (QED) is 0.746. The number of hydrogen-bond acceptors (Lipinski definition) is 3. The lowest BCUT2D eigenvalue weighted by molar-refractivity contribution is 0.0954. The minimum atomic E-state index is -0.101. The lowest BCUT2D eigenvalue weighted by atomic mass is 10.2. The second-order valence-corrected chi connectivity index (χ2v) is 3.77. The third-order valence-corrected chi connectivity index (χ3v) is 2.31. The van der Waals surface area contributed by atoms with Crippen molar-refractivity contribution in [3.8, 4) is 5.75 Å². The molecule has 0 aliphatic carbocycles. The SMILES string of the molecule is CCCCOc1ccc(C(=O)NCCN)cc1.Cl. The fourth-order valence-electron chi connectivity index (χ4n) is 1.32. The fourth-order valence-corrected chi connectivity index (χ4v) is 1.32. The summed E-state index contributed by atoms with van der Waals surface area (Å²) >= 11 is 0. The molecule has 18 heavy (non-hydrogen) atoms. The highest BCUT2D eigenvalue weighted by molar-refractivity contribution is 5.94. The number of nitrogens with two attached hydrogens (primary N) is 1. The number of ether oxygens (including phenoxy) is 1. The van der Waals surface area contributed by atoms with Gasteiger partial charge in [-0.3, -0.25) is 4.79 Å². The van der Waals surface area contributed by atoms with E-state index in [2.05, 4.69) is 12.2 Å². The molecule has 0 fully saturated rings. The van der Waals surface area contributed by atoms with Gasteiger partial charge in [0.05, 0.1) is 6.61 Å². The first kappa shape index (κ1) is 16.7. The van der Waals surface area contributed by atoms with Crippen molar-refractivity contribution in [2.45, 2.75) is 19.8 Å². The maximum Gasteiger partial charge on any atom is 0.251 e. The zero-order valence-electron chi connectivity index (χ0n) is 10.6. The van der Waals surface area contributed by atoms with Gasteiger partial charge in [-0.25, -0.2) is 0 Å². The van der Waals surface area contributed by atoms with Crippen molar-refractivity contribution >= 4 is 18.3 Å². The molecule has 3 N–H and O–H groups in total. The highest BCUT2D eigenvalue weighted by atomic mass is 35.5. The van der Waals surface area contributed by atoms with Crippen LogP contribution in [0.25, 0.3) is 0 Å². The van der Waals surface area contributed by atoms with Crippen LogP contribution in [0.3, 0.4) is 0 Å². The van der Waals surface area contributed by atoms with Crippen LogP contribution in [0.2, 0.25) is 0 Å². The van der Waals surface area contributed by atoms with Crippen molar-refractivity contribution in [1.82, 2.24) is 5.32 Å². The Morgan fingerprint density at radius 3 is 2.56 bits per heavy atom. The van der Waals surface area contributed by atoms with E-state index in [4.69, 9.17) is 10.5 Å². The van der Waals surface area contributed by atoms with E-state index in [9.17, 15) is 4.79 Å². The second-order valence-electron chi connectivity index (χ2n) is 3.77. The summed E-state index contributed by atoms with van der Waals surface area (Å²) in [5, 5.41) is 2.72. The van der Waals surface area contributed by atoms with Gasteiger partial charge in [-0.15, -0.1) is 12.4 Å². The summed E-state index contributed by atoms with van der Waals surface area (Å²) in [6.45, 7) is 3.78. The van der Waals surface area contributed by atoms with Crippen molar-refractivity contribution in [2.24, 2.45) is 5.73 Å². The van der Waals surface area contributed by atoms with Crippen LogP contribution in [0.15, 0.2) is 24.3 Å². The van der Waals surface area contributed by atoms with E-state index < -0.39 is 0 Å². The summed E-state index contributed by atoms with van der Waals surface area (Å²) in [6, 6.07) is 7.14. The molecule has 1 amide bonds. The average Bonchev–Trinajstić information content (AvgIpc) is 2.37. The summed E-state index contributed by atoms with van der Waals surface area (Å²) in [5.41, 5.74) is 5.94. The van der Waals surface area contributed by atoms with E-state index in [-0.39, 0.29) is 18.3 Å². The molecule has 0 radical (unpaired) electrons. The molecule has 1 rings (SSSR count). The standard InChI is InChI=1S/C13H20N2O2.ClH/c1-2-3-10-17-12-6-4-11(5-7-12)13(16)15-9-8-14;/h4-7H,2-3,8-10,14H2,1H3,(H,15,16);1H. The van der Waals surface area contributed by atoms with Crippen LogP contribution in [-0.4, -0.2) is 25.6 Å². The zero-order valence-corrected chi connectivity index (χ0v) is 11.5. The van der Waals surface area contributed by atoms with Crippen LogP contribution in [0.4, 0.5) is 0 Å². The molecule has 0 aliphatic heterocycles. The van der Waals surface area contributed by atoms with E-state index >= 15 is 0 Å². The summed E-state index contributed by atoms with van der Waals surface area (Å²) in [4.78, 5) is 11.6. The molecule has 0 aromatic heterocycles. The van der Waals surface area contributed by atoms with E-state index in [1.165, 1.54) is 0 Å². The molecule has 1 aromatic rings. The Hall–Kier alpha value is -1.26. The Kier molecular flexibility index (Phi) is 9.06. The number of nitrogens with one attached hydrogen (secondary N) is 1. The molecule has 1 aromatic carbocycles. The van der Waals surface area contributed by atoms with Gasteiger partial charge in [0.2, 0.25) is 0 Å². The largest absolute Gasteiger partial charge is 0.494 e. The van der Waals surface area contributed by atoms with Gasteiger partial charge in [0, 0.05) is 18.7 Å². The predicted molar refractivity (Wildman–Crippen MR) is 75.5 cm³/mol. The van der Waals surface area contributed by atoms with Crippen molar-refractivity contribution < 1.29 is 9.53 Å². The molecule has 0 bridgehead atoms. The maximum absolute atomic E-state index is 11.6. The second kappa shape index (κ2) is 9.74. The number of amides is 1. The van der Waals surface area contributed by atoms with Crippen LogP contribution < -0.4 is 15.8 Å². The van der Waals surface area contributed by atoms with Gasteiger partial charge < -0.3 is 15.8 Å². The molecule has 4 nitrogen and oxygen atoms in total. The number of carbonyl (C=O) groups excluding carboxylic acids is 1. The summed E-state index contributed by atoms with van der Waals surface area (Å²) < 4.78 is 5.51. The third kappa shape index (κ3) is 5.89. The van der Waals surface area contributed by atoms with Gasteiger partial charge in [0.15, 0.2) is 0 Å². The molecule has 0 spiro atoms. The molecule has 0 heterocycles. The molecular weight excluding hydrogens is 252 g/mol. The lowest BCUT2D eigenvalue weighted by Crippen LogP contribution is -2.28. The lowest BCUT2D eigenvalue weighted by Gasteiger charge is -2.07. The van der Waals surface area contributed by atoms with Gasteiger partial charge in [-0.05, 0) is 30.7 Å². The Morgan fingerprint density at radius 2 is 2.00 bits per heavy atom. The highest BCUT2D eigenvalue weighted by Crippen LogP contribution is 2.12. The van der Waals surface area contributed by atoms with Crippen LogP contribution in [-0.2, 0) is 0 Å². The monoisotopic (exact) mass is 272 g/mol. The first-order valence-corrected chi connectivity index (χ1v) is 5.99. The molecule has 0 aliphatic rings. The van der Waals surface area contributed by atoms with Crippen LogP contribution >= 0.6 is 12.4 Å². The maximum atomic E-state index is 11.6. The van der Waals surface area contributed by atoms with Crippen molar-refractivity contribution in [3.05, 3.63) is 29.8 Å². The topological polar surface area (TPSA) is 64.3 Å². The normalized spacial score (nSPS) is 9.44. The number of unbranched alkanes of at least 4 members (excludes halogenated alkanes) is 1. The van der Waals surface area contributed by atoms with E-state index in [1.54, 1.807) is 12.1 Å². The number of carbonyl (C=O) groups is 1. The number of benzene rings is 1. The Labute approximate surface area is 114 Å². The van der Waals surface area contributed by atoms with Gasteiger partial charge >= 0.3 is 0 Å². The third-order valence-electron chi connectivity index (χ3n) is 2.31. The van der Waals surface area contributed by atoms with E-state index in [1.807, 2.05) is 12.1 Å². The predicted octanol–water partition coefficient (Wildman–Crippen LogP) is 1.98. The smallest absolute Gasteiger partial charge is 0.251 e. The summed E-state index contributed by atoms with van der Waals surface area (Å²) in [7, 11) is 0. The molecule has 0 atom stereocenters. The van der Waals surface area contributed by atoms with E-state index in [0.29, 0.717) is 18.7 Å². The highest BCUT2D eigenvalue weighted by Gasteiger charge is 2.04. The Morgan fingerprint density at radius 1 is 1.33 bits per heavy atom. The Bertz CT molecular complexity index is 341. The van der Waals surface area contributed by atoms with Crippen molar-refractivity contribution in [1.29, 1.82) is 0 Å². The zero-order chi connectivity index (χ0) is 12.5. The number of hydrogen-bond donors (Lipinski definition) is 2. The molecular formula is C13H21ClN2O2. The van der Waals surface area contributed by atoms with Crippen LogP contribution in [0, 0.1) is 0 Å². The molecule has 0 unspecified atom stereocenters. The number of rotatable bonds is 7. The fraction of sp³-hybridized carbons (Fsp3) is 0.462. The van der Waals surface area contributed by atoms with Gasteiger partial charge in [-0.1, -0.05) is 13.3 Å². The minimum Gasteiger partial charge on any atom is -0.494 e. The average molecular weight is 273 g/mol. The first-order chi connectivity index (χ1) is 8.27. The summed E-state index contributed by atoms with van der Waals surface area (Å²) in [6.07, 6.45) is 2.15. The van der Waals surface area contributed by atoms with Gasteiger partial charge in [0.1, 0.15) is 5.75 Å². The van der Waals surface area contributed by atoms with Crippen molar-refractivity contribution in [2.75, 3.05) is 19.7 Å². The van der Waals surface area contributed by atoms with E-state index in [0.717, 1.165) is 25.2 Å². The molecule has 0 saturated carbocycles. The van der Waals surface area contributed by atoms with Gasteiger partial charge in [0.25, 0.3) is 5.91 Å². The first-order valence-electron chi connectivity index (χ1n) is 5.99. The minimum absolute atomic E-state index is 0. The number of halogens is 1. The van der Waals surface area contributed by atoms with Crippen molar-refractivity contribution in [3.63, 3.8) is 0 Å². The summed E-state index contributed by atoms with van der Waals surface area (Å²) in [5.74, 6) is 0.699. The molecule has 102 valence electrons. The van der Waals surface area contributed by atoms with Gasteiger partial charge in [-0.2, -0.15) is 0 Å². The molecule has 5 heteroatoms. The Balaban J connectivity index is 0.00000289. The van der Waals surface area contributed by atoms with Crippen LogP contribution in [0.1, 0.15) is 30.1 Å². The molecule has 0 saturated heterocycles. The van der Waals surface area contributed by atoms with Crippen LogP contribution in [0.5, 0.6) is 5.75 Å².